The molecule has 150 valence electrons. The first-order valence-electron chi connectivity index (χ1n) is 9.70. The highest BCUT2D eigenvalue weighted by atomic mass is 16.3. The van der Waals surface area contributed by atoms with Crippen LogP contribution in [0.25, 0.3) is 5.69 Å². The lowest BCUT2D eigenvalue weighted by Gasteiger charge is -2.49. The van der Waals surface area contributed by atoms with Gasteiger partial charge in [0, 0.05) is 13.1 Å². The van der Waals surface area contributed by atoms with Gasteiger partial charge in [-0.3, -0.25) is 9.69 Å². The zero-order valence-corrected chi connectivity index (χ0v) is 16.6. The zero-order chi connectivity index (χ0) is 20.4. The molecule has 1 saturated heterocycles. The molecule has 1 aliphatic heterocycles. The largest absolute Gasteiger partial charge is 0.389 e. The molecule has 0 aliphatic carbocycles. The van der Waals surface area contributed by atoms with Crippen LogP contribution in [0.2, 0.25) is 0 Å². The van der Waals surface area contributed by atoms with Crippen LogP contribution in [0.3, 0.4) is 0 Å². The molecule has 2 aromatic carbocycles. The minimum atomic E-state index is -0.721. The van der Waals surface area contributed by atoms with Gasteiger partial charge in [0.1, 0.15) is 0 Å². The van der Waals surface area contributed by atoms with Gasteiger partial charge in [0.15, 0.2) is 5.69 Å². The maximum Gasteiger partial charge on any atom is 0.276 e. The third kappa shape index (κ3) is 3.43. The fourth-order valence-electron chi connectivity index (χ4n) is 4.18. The van der Waals surface area contributed by atoms with E-state index < -0.39 is 11.6 Å². The van der Waals surface area contributed by atoms with Crippen molar-refractivity contribution in [1.82, 2.24) is 24.8 Å². The number of likely N-dealkylation sites (N-methyl/N-ethyl adjacent to an activating group) is 1. The van der Waals surface area contributed by atoms with E-state index >= 15 is 0 Å². The molecule has 0 radical (unpaired) electrons. The number of β-amino-alcohol motifs (C(OH)–C–C–N with tert-alkyl or cyclic N) is 1. The van der Waals surface area contributed by atoms with E-state index in [1.165, 1.54) is 0 Å². The summed E-state index contributed by atoms with van der Waals surface area (Å²) in [6.45, 7) is 0.769. The van der Waals surface area contributed by atoms with Gasteiger partial charge in [-0.05, 0) is 38.2 Å². The molecule has 2 atom stereocenters. The highest BCUT2D eigenvalue weighted by Crippen LogP contribution is 2.37. The standard InChI is InChI=1S/C22H25N5O2/c1-25(2)22(17-9-5-3-6-10-17)13-14-26(16-20(22)28)21(29)19-15-27(24-23-19)18-11-7-4-8-12-18/h3-12,15,20,28H,13-14,16H2,1-2H3/t20-,22+/m1/s1. The molecular weight excluding hydrogens is 366 g/mol. The number of aliphatic hydroxyl groups excluding tert-OH is 1. The predicted octanol–water partition coefficient (Wildman–Crippen LogP) is 1.93. The number of para-hydroxylation sites is 1. The molecule has 7 heteroatoms. The lowest BCUT2D eigenvalue weighted by atomic mass is 9.77. The Labute approximate surface area is 170 Å². The van der Waals surface area contributed by atoms with Crippen LogP contribution >= 0.6 is 0 Å². The van der Waals surface area contributed by atoms with Crippen LogP contribution in [0, 0.1) is 0 Å². The fraction of sp³-hybridized carbons (Fsp3) is 0.318. The highest BCUT2D eigenvalue weighted by molar-refractivity contribution is 5.92. The van der Waals surface area contributed by atoms with E-state index in [-0.39, 0.29) is 18.1 Å². The molecule has 3 aromatic rings. The molecule has 1 aromatic heterocycles. The van der Waals surface area contributed by atoms with Crippen molar-refractivity contribution in [2.75, 3.05) is 27.2 Å². The quantitative estimate of drug-likeness (QED) is 0.736. The Balaban J connectivity index is 1.54. The van der Waals surface area contributed by atoms with Crippen LogP contribution < -0.4 is 0 Å². The van der Waals surface area contributed by atoms with E-state index in [2.05, 4.69) is 15.2 Å². The van der Waals surface area contributed by atoms with Crippen molar-refractivity contribution in [3.8, 4) is 5.69 Å². The van der Waals surface area contributed by atoms with E-state index in [0.29, 0.717) is 13.0 Å². The number of rotatable bonds is 4. The van der Waals surface area contributed by atoms with Gasteiger partial charge in [-0.2, -0.15) is 0 Å². The van der Waals surface area contributed by atoms with Crippen molar-refractivity contribution in [3.63, 3.8) is 0 Å². The number of hydrogen-bond donors (Lipinski definition) is 1. The number of benzene rings is 2. The topological polar surface area (TPSA) is 74.5 Å². The minimum Gasteiger partial charge on any atom is -0.389 e. The first-order valence-corrected chi connectivity index (χ1v) is 9.70. The summed E-state index contributed by atoms with van der Waals surface area (Å²) in [5.74, 6) is -0.216. The molecule has 0 spiro atoms. The third-order valence-electron chi connectivity index (χ3n) is 5.80. The van der Waals surface area contributed by atoms with Gasteiger partial charge in [0.25, 0.3) is 5.91 Å². The van der Waals surface area contributed by atoms with Crippen molar-refractivity contribution in [1.29, 1.82) is 0 Å². The second-order valence-electron chi connectivity index (χ2n) is 7.59. The van der Waals surface area contributed by atoms with Crippen LogP contribution in [0.5, 0.6) is 0 Å². The average Bonchev–Trinajstić information content (AvgIpc) is 3.24. The van der Waals surface area contributed by atoms with Crippen LogP contribution in [0.15, 0.2) is 66.9 Å². The lowest BCUT2D eigenvalue weighted by Crippen LogP contribution is -2.60. The summed E-state index contributed by atoms with van der Waals surface area (Å²) in [4.78, 5) is 16.7. The molecule has 0 unspecified atom stereocenters. The third-order valence-corrected chi connectivity index (χ3v) is 5.80. The average molecular weight is 391 g/mol. The first-order chi connectivity index (χ1) is 14.0. The molecule has 2 heterocycles. The Morgan fingerprint density at radius 3 is 2.38 bits per heavy atom. The molecule has 29 heavy (non-hydrogen) atoms. The van der Waals surface area contributed by atoms with Gasteiger partial charge in [-0.15, -0.1) is 5.10 Å². The second-order valence-corrected chi connectivity index (χ2v) is 7.59. The van der Waals surface area contributed by atoms with Gasteiger partial charge in [-0.1, -0.05) is 53.7 Å². The van der Waals surface area contributed by atoms with Gasteiger partial charge in [-0.25, -0.2) is 4.68 Å². The molecule has 1 fully saturated rings. The van der Waals surface area contributed by atoms with E-state index in [1.54, 1.807) is 15.8 Å². The normalized spacial score (nSPS) is 22.1. The number of piperidine rings is 1. The number of carbonyl (C=O) groups is 1. The highest BCUT2D eigenvalue weighted by Gasteiger charge is 2.46. The summed E-state index contributed by atoms with van der Waals surface area (Å²) in [6, 6.07) is 19.5. The van der Waals surface area contributed by atoms with Gasteiger partial charge in [0.2, 0.25) is 0 Å². The number of aliphatic hydroxyl groups is 1. The van der Waals surface area contributed by atoms with Crippen molar-refractivity contribution in [3.05, 3.63) is 78.1 Å². The maximum atomic E-state index is 13.0. The molecule has 0 saturated carbocycles. The molecule has 1 aliphatic rings. The Morgan fingerprint density at radius 2 is 1.76 bits per heavy atom. The van der Waals surface area contributed by atoms with Crippen molar-refractivity contribution < 1.29 is 9.90 Å². The van der Waals surface area contributed by atoms with Gasteiger partial charge in [0.05, 0.1) is 23.5 Å². The smallest absolute Gasteiger partial charge is 0.276 e. The van der Waals surface area contributed by atoms with Crippen molar-refractivity contribution >= 4 is 5.91 Å². The molecule has 4 rings (SSSR count). The molecule has 1 amide bonds. The van der Waals surface area contributed by atoms with Crippen LogP contribution in [-0.4, -0.2) is 69.1 Å². The number of amides is 1. The van der Waals surface area contributed by atoms with E-state index in [9.17, 15) is 9.90 Å². The SMILES string of the molecule is CN(C)[C@]1(c2ccccc2)CCN(C(=O)c2cn(-c3ccccc3)nn2)C[C@H]1O. The minimum absolute atomic E-state index is 0.216. The predicted molar refractivity (Wildman–Crippen MR) is 110 cm³/mol. The Morgan fingerprint density at radius 1 is 1.10 bits per heavy atom. The summed E-state index contributed by atoms with van der Waals surface area (Å²) >= 11 is 0. The summed E-state index contributed by atoms with van der Waals surface area (Å²) in [5.41, 5.74) is 1.64. The van der Waals surface area contributed by atoms with Gasteiger partial charge < -0.3 is 10.0 Å². The number of nitrogens with zero attached hydrogens (tertiary/aromatic N) is 5. The Hall–Kier alpha value is -3.03. The van der Waals surface area contributed by atoms with Crippen LogP contribution in [-0.2, 0) is 5.54 Å². The maximum absolute atomic E-state index is 13.0. The second kappa shape index (κ2) is 7.77. The lowest BCUT2D eigenvalue weighted by molar-refractivity contribution is -0.0613. The monoisotopic (exact) mass is 391 g/mol. The van der Waals surface area contributed by atoms with Gasteiger partial charge >= 0.3 is 0 Å². The van der Waals surface area contributed by atoms with E-state index in [1.807, 2.05) is 74.8 Å². The Kier molecular flexibility index (Phi) is 5.17. The van der Waals surface area contributed by atoms with Crippen molar-refractivity contribution in [2.24, 2.45) is 0 Å². The molecular formula is C22H25N5O2. The number of carbonyl (C=O) groups excluding carboxylic acids is 1. The number of hydrogen-bond acceptors (Lipinski definition) is 5. The van der Waals surface area contributed by atoms with Crippen LogP contribution in [0.4, 0.5) is 0 Å². The molecule has 0 bridgehead atoms. The van der Waals surface area contributed by atoms with Crippen molar-refractivity contribution in [2.45, 2.75) is 18.1 Å². The fourth-order valence-corrected chi connectivity index (χ4v) is 4.18. The van der Waals surface area contributed by atoms with E-state index in [0.717, 1.165) is 11.3 Å². The van der Waals surface area contributed by atoms with Crippen LogP contribution in [0.1, 0.15) is 22.5 Å². The molecule has 7 nitrogen and oxygen atoms in total. The number of likely N-dealkylation sites (tertiary alicyclic amines) is 1. The first kappa shape index (κ1) is 19.3. The summed E-state index contributed by atoms with van der Waals surface area (Å²) in [7, 11) is 3.94. The zero-order valence-electron chi connectivity index (χ0n) is 16.6. The summed E-state index contributed by atoms with van der Waals surface area (Å²) < 4.78 is 1.59. The molecule has 1 N–H and O–H groups in total. The number of aromatic nitrogens is 3. The Bertz CT molecular complexity index is 973. The summed E-state index contributed by atoms with van der Waals surface area (Å²) in [6.07, 6.45) is 1.54. The van der Waals surface area contributed by atoms with E-state index in [4.69, 9.17) is 0 Å². The summed E-state index contributed by atoms with van der Waals surface area (Å²) in [5, 5.41) is 19.2.